The topological polar surface area (TPSA) is 0 Å². The summed E-state index contributed by atoms with van der Waals surface area (Å²) in [5.41, 5.74) is 16.8. The van der Waals surface area contributed by atoms with E-state index in [0.717, 1.165) is 0 Å². The normalized spacial score (nSPS) is 14.4. The lowest BCUT2D eigenvalue weighted by Crippen LogP contribution is -2.07. The number of rotatable bonds is 8. The predicted molar refractivity (Wildman–Crippen MR) is 151 cm³/mol. The van der Waals surface area contributed by atoms with Crippen molar-refractivity contribution in [2.24, 2.45) is 0 Å². The molecule has 0 spiro atoms. The molecule has 0 nitrogen and oxygen atoms in total. The standard InChI is InChI=1S/C34H40/c1-6-8-9-10-11-12-16-25-19-20-28-23(4)27-17-13-14-18-29(27)34-31-24(5)26(15-7-2)22(3)21-30(31)32(25)33(28)34/h7,13-15,17-18,21H,6,8-12,16,19-20H2,1-5H3/b15-7-. The monoisotopic (exact) mass is 448 g/mol. The van der Waals surface area contributed by atoms with Crippen molar-refractivity contribution in [2.75, 3.05) is 0 Å². The first-order chi connectivity index (χ1) is 16.6. The second-order valence-corrected chi connectivity index (χ2v) is 10.6. The highest BCUT2D eigenvalue weighted by Gasteiger charge is 2.35. The fourth-order valence-corrected chi connectivity index (χ4v) is 6.72. The van der Waals surface area contributed by atoms with E-state index in [9.17, 15) is 0 Å². The van der Waals surface area contributed by atoms with Crippen molar-refractivity contribution in [3.63, 3.8) is 0 Å². The van der Waals surface area contributed by atoms with E-state index in [4.69, 9.17) is 0 Å². The Morgan fingerprint density at radius 2 is 1.53 bits per heavy atom. The van der Waals surface area contributed by atoms with Gasteiger partial charge in [-0.25, -0.2) is 0 Å². The van der Waals surface area contributed by atoms with Gasteiger partial charge in [-0.3, -0.25) is 0 Å². The van der Waals surface area contributed by atoms with Crippen molar-refractivity contribution in [1.82, 2.24) is 0 Å². The molecule has 0 radical (unpaired) electrons. The van der Waals surface area contributed by atoms with Crippen molar-refractivity contribution in [3.05, 3.63) is 80.9 Å². The summed E-state index contributed by atoms with van der Waals surface area (Å²) in [6.45, 7) is 11.5. The molecule has 34 heavy (non-hydrogen) atoms. The summed E-state index contributed by atoms with van der Waals surface area (Å²) in [5, 5.41) is 2.88. The van der Waals surface area contributed by atoms with Crippen LogP contribution in [0.2, 0.25) is 0 Å². The Balaban J connectivity index is 1.72. The highest BCUT2D eigenvalue weighted by Crippen LogP contribution is 2.56. The maximum absolute atomic E-state index is 2.51. The third-order valence-corrected chi connectivity index (χ3v) is 8.40. The van der Waals surface area contributed by atoms with Gasteiger partial charge in [0.25, 0.3) is 0 Å². The van der Waals surface area contributed by atoms with E-state index in [1.807, 2.05) is 0 Å². The van der Waals surface area contributed by atoms with Crippen LogP contribution in [0.4, 0.5) is 0 Å². The molecule has 2 aliphatic rings. The Morgan fingerprint density at radius 3 is 2.29 bits per heavy atom. The Morgan fingerprint density at radius 1 is 0.794 bits per heavy atom. The number of hydrogen-bond donors (Lipinski definition) is 0. The molecule has 0 fully saturated rings. The Bertz CT molecular complexity index is 1310. The molecule has 176 valence electrons. The largest absolute Gasteiger partial charge is 0.0870 e. The third-order valence-electron chi connectivity index (χ3n) is 8.40. The summed E-state index contributed by atoms with van der Waals surface area (Å²) in [5.74, 6) is 0. The van der Waals surface area contributed by atoms with E-state index < -0.39 is 0 Å². The van der Waals surface area contributed by atoms with Gasteiger partial charge in [0, 0.05) is 0 Å². The zero-order valence-electron chi connectivity index (χ0n) is 21.9. The van der Waals surface area contributed by atoms with Gasteiger partial charge in [-0.2, -0.15) is 0 Å². The predicted octanol–water partition coefficient (Wildman–Crippen LogP) is 10.3. The molecule has 2 aliphatic carbocycles. The van der Waals surface area contributed by atoms with Crippen LogP contribution >= 0.6 is 0 Å². The molecule has 0 saturated heterocycles. The smallest absolute Gasteiger partial charge is 0.00145 e. The number of benzene rings is 3. The molecule has 0 heterocycles. The van der Waals surface area contributed by atoms with Gasteiger partial charge >= 0.3 is 0 Å². The average Bonchev–Trinajstić information content (AvgIpc) is 3.18. The van der Waals surface area contributed by atoms with Crippen molar-refractivity contribution in [3.8, 4) is 11.1 Å². The van der Waals surface area contributed by atoms with Gasteiger partial charge in [0.05, 0.1) is 0 Å². The van der Waals surface area contributed by atoms with Crippen LogP contribution in [0.3, 0.4) is 0 Å². The number of allylic oxidation sites excluding steroid dienone is 2. The van der Waals surface area contributed by atoms with Gasteiger partial charge in [-0.1, -0.05) is 87.1 Å². The summed E-state index contributed by atoms with van der Waals surface area (Å²) in [6, 6.07) is 11.6. The lowest BCUT2D eigenvalue weighted by atomic mass is 9.79. The SMILES string of the molecule is C/C=C\c1c(C)cc2c(c1C)-c1c3c(c(C)c4ccccc14)CCC(CCCCCCCC)=C23. The van der Waals surface area contributed by atoms with Crippen molar-refractivity contribution < 1.29 is 0 Å². The molecule has 0 saturated carbocycles. The molecule has 0 aromatic heterocycles. The second-order valence-electron chi connectivity index (χ2n) is 10.6. The first kappa shape index (κ1) is 23.2. The first-order valence-electron chi connectivity index (χ1n) is 13.6. The minimum Gasteiger partial charge on any atom is -0.0870 e. The zero-order valence-corrected chi connectivity index (χ0v) is 21.9. The van der Waals surface area contributed by atoms with Crippen LogP contribution in [-0.2, 0) is 6.42 Å². The van der Waals surface area contributed by atoms with Gasteiger partial charge in [0.1, 0.15) is 0 Å². The molecule has 0 atom stereocenters. The molecule has 0 heteroatoms. The van der Waals surface area contributed by atoms with Crippen LogP contribution in [0.5, 0.6) is 0 Å². The highest BCUT2D eigenvalue weighted by atomic mass is 14.4. The molecule has 0 bridgehead atoms. The van der Waals surface area contributed by atoms with Crippen LogP contribution in [0.25, 0.3) is 33.5 Å². The second kappa shape index (κ2) is 9.57. The summed E-state index contributed by atoms with van der Waals surface area (Å²) in [6.07, 6.45) is 16.4. The summed E-state index contributed by atoms with van der Waals surface area (Å²) < 4.78 is 0. The van der Waals surface area contributed by atoms with Gasteiger partial charge in [-0.15, -0.1) is 0 Å². The maximum atomic E-state index is 2.51. The molecule has 0 amide bonds. The molecule has 3 aromatic carbocycles. The Labute approximate surface area is 206 Å². The molecule has 0 aliphatic heterocycles. The van der Waals surface area contributed by atoms with E-state index in [-0.39, 0.29) is 0 Å². The molecule has 3 aromatic rings. The van der Waals surface area contributed by atoms with E-state index in [2.05, 4.69) is 77.1 Å². The van der Waals surface area contributed by atoms with E-state index in [0.29, 0.717) is 0 Å². The first-order valence-corrected chi connectivity index (χ1v) is 13.6. The number of unbranched alkanes of at least 4 members (excludes halogenated alkanes) is 5. The number of hydrogen-bond acceptors (Lipinski definition) is 0. The van der Waals surface area contributed by atoms with Crippen molar-refractivity contribution in [1.29, 1.82) is 0 Å². The molecule has 0 unspecified atom stereocenters. The van der Waals surface area contributed by atoms with E-state index in [1.54, 1.807) is 22.3 Å². The number of aryl methyl sites for hydroxylation is 2. The molecule has 5 rings (SSSR count). The summed E-state index contributed by atoms with van der Waals surface area (Å²) in [7, 11) is 0. The van der Waals surface area contributed by atoms with Crippen LogP contribution in [0.15, 0.2) is 42.0 Å². The van der Waals surface area contributed by atoms with Gasteiger partial charge < -0.3 is 0 Å². The highest BCUT2D eigenvalue weighted by molar-refractivity contribution is 6.15. The number of fused-ring (bicyclic) bond motifs is 5. The van der Waals surface area contributed by atoms with Crippen LogP contribution in [0, 0.1) is 20.8 Å². The lowest BCUT2D eigenvalue weighted by molar-refractivity contribution is 0.601. The van der Waals surface area contributed by atoms with E-state index >= 15 is 0 Å². The molecule has 0 N–H and O–H groups in total. The van der Waals surface area contributed by atoms with Crippen molar-refractivity contribution >= 4 is 22.4 Å². The van der Waals surface area contributed by atoms with Crippen LogP contribution in [0.1, 0.15) is 104 Å². The third kappa shape index (κ3) is 3.67. The molecular formula is C34H40. The summed E-state index contributed by atoms with van der Waals surface area (Å²) >= 11 is 0. The van der Waals surface area contributed by atoms with Crippen LogP contribution < -0.4 is 0 Å². The summed E-state index contributed by atoms with van der Waals surface area (Å²) in [4.78, 5) is 0. The minimum absolute atomic E-state index is 1.20. The average molecular weight is 449 g/mol. The fourth-order valence-electron chi connectivity index (χ4n) is 6.72. The van der Waals surface area contributed by atoms with Gasteiger partial charge in [-0.05, 0) is 120 Å². The van der Waals surface area contributed by atoms with E-state index in [1.165, 1.54) is 108 Å². The van der Waals surface area contributed by atoms with Gasteiger partial charge in [0.2, 0.25) is 0 Å². The van der Waals surface area contributed by atoms with Crippen molar-refractivity contribution in [2.45, 2.75) is 92.4 Å². The van der Waals surface area contributed by atoms with Crippen LogP contribution in [-0.4, -0.2) is 0 Å². The Kier molecular flexibility index (Phi) is 6.52. The van der Waals surface area contributed by atoms with Gasteiger partial charge in [0.15, 0.2) is 0 Å². The lowest BCUT2D eigenvalue weighted by Gasteiger charge is -2.25. The zero-order chi connectivity index (χ0) is 23.8. The molecular weight excluding hydrogens is 408 g/mol. The Hall–Kier alpha value is -2.60. The minimum atomic E-state index is 1.20. The fraction of sp³-hybridized carbons (Fsp3) is 0.412. The quantitative estimate of drug-likeness (QED) is 0.235. The maximum Gasteiger partial charge on any atom is -0.00145 e.